The van der Waals surface area contributed by atoms with Crippen LogP contribution in [0.1, 0.15) is 18.6 Å². The van der Waals surface area contributed by atoms with Gasteiger partial charge in [-0.2, -0.15) is 0 Å². The maximum Gasteiger partial charge on any atom is 0.269 e. The maximum atomic E-state index is 10.2. The fourth-order valence-corrected chi connectivity index (χ4v) is 0.875. The second-order valence-corrected chi connectivity index (χ2v) is 2.52. The summed E-state index contributed by atoms with van der Waals surface area (Å²) in [6, 6.07) is 5.84. The van der Waals surface area contributed by atoms with E-state index in [9.17, 15) is 10.1 Å². The first-order chi connectivity index (χ1) is 5.61. The molecule has 4 nitrogen and oxygen atoms in total. The molecule has 0 heterocycles. The quantitative estimate of drug-likeness (QED) is 0.538. The molecule has 0 saturated carbocycles. The maximum absolute atomic E-state index is 10.2. The summed E-state index contributed by atoms with van der Waals surface area (Å²) in [5.74, 6) is 0. The van der Waals surface area contributed by atoms with Gasteiger partial charge in [-0.3, -0.25) is 10.1 Å². The lowest BCUT2D eigenvalue weighted by Crippen LogP contribution is -1.92. The average molecular weight is 167 g/mol. The summed E-state index contributed by atoms with van der Waals surface area (Å²) in [5, 5.41) is 19.3. The van der Waals surface area contributed by atoms with E-state index in [0.29, 0.717) is 5.56 Å². The van der Waals surface area contributed by atoms with E-state index < -0.39 is 11.0 Å². The third kappa shape index (κ3) is 1.79. The van der Waals surface area contributed by atoms with Crippen molar-refractivity contribution < 1.29 is 10.0 Å². The molecule has 12 heavy (non-hydrogen) atoms. The first-order valence-corrected chi connectivity index (χ1v) is 3.53. The Kier molecular flexibility index (Phi) is 2.40. The number of nitrogens with zero attached hydrogens (tertiary/aromatic N) is 1. The second kappa shape index (κ2) is 3.32. The fourth-order valence-electron chi connectivity index (χ4n) is 0.875. The lowest BCUT2D eigenvalue weighted by Gasteiger charge is -2.02. The SMILES string of the molecule is C[C@H](O)c1ccc([N+](=O)[O-])cc1. The number of hydrogen-bond acceptors (Lipinski definition) is 3. The van der Waals surface area contributed by atoms with Gasteiger partial charge in [-0.15, -0.1) is 0 Å². The monoisotopic (exact) mass is 167 g/mol. The smallest absolute Gasteiger partial charge is 0.269 e. The summed E-state index contributed by atoms with van der Waals surface area (Å²) in [5.41, 5.74) is 0.722. The lowest BCUT2D eigenvalue weighted by molar-refractivity contribution is -0.384. The Morgan fingerprint density at radius 2 is 1.92 bits per heavy atom. The van der Waals surface area contributed by atoms with Gasteiger partial charge in [0, 0.05) is 12.1 Å². The topological polar surface area (TPSA) is 63.4 Å². The van der Waals surface area contributed by atoms with Gasteiger partial charge in [0.1, 0.15) is 0 Å². The van der Waals surface area contributed by atoms with E-state index in [2.05, 4.69) is 0 Å². The van der Waals surface area contributed by atoms with E-state index >= 15 is 0 Å². The number of aliphatic hydroxyl groups excluding tert-OH is 1. The summed E-state index contributed by atoms with van der Waals surface area (Å²) in [6.45, 7) is 1.61. The van der Waals surface area contributed by atoms with Crippen LogP contribution in [0, 0.1) is 10.1 Å². The zero-order valence-electron chi connectivity index (χ0n) is 6.60. The normalized spacial score (nSPS) is 12.5. The third-order valence-electron chi connectivity index (χ3n) is 1.59. The standard InChI is InChI=1S/C8H9NO3/c1-6(10)7-2-4-8(5-3-7)9(11)12/h2-6,10H,1H3/t6-/m0/s1. The Labute approximate surface area is 69.6 Å². The molecule has 0 saturated heterocycles. The summed E-state index contributed by atoms with van der Waals surface area (Å²) in [7, 11) is 0. The van der Waals surface area contributed by atoms with Gasteiger partial charge in [0.25, 0.3) is 5.69 Å². The molecule has 0 aliphatic heterocycles. The molecule has 1 rings (SSSR count). The predicted molar refractivity (Wildman–Crippen MR) is 43.7 cm³/mol. The van der Waals surface area contributed by atoms with Crippen LogP contribution in [0.5, 0.6) is 0 Å². The van der Waals surface area contributed by atoms with E-state index in [4.69, 9.17) is 5.11 Å². The number of non-ortho nitro benzene ring substituents is 1. The molecule has 0 amide bonds. The molecule has 0 aliphatic carbocycles. The van der Waals surface area contributed by atoms with E-state index in [1.54, 1.807) is 19.1 Å². The third-order valence-corrected chi connectivity index (χ3v) is 1.59. The molecule has 0 aromatic heterocycles. The van der Waals surface area contributed by atoms with Crippen molar-refractivity contribution in [3.63, 3.8) is 0 Å². The summed E-state index contributed by atoms with van der Waals surface area (Å²) in [6.07, 6.45) is -0.578. The van der Waals surface area contributed by atoms with Crippen LogP contribution >= 0.6 is 0 Å². The number of rotatable bonds is 2. The molecule has 4 heteroatoms. The number of hydrogen-bond donors (Lipinski definition) is 1. The van der Waals surface area contributed by atoms with E-state index in [1.807, 2.05) is 0 Å². The molecular weight excluding hydrogens is 158 g/mol. The summed E-state index contributed by atoms with van der Waals surface area (Å²) in [4.78, 5) is 9.76. The average Bonchev–Trinajstić information content (AvgIpc) is 2.04. The van der Waals surface area contributed by atoms with E-state index in [1.165, 1.54) is 12.1 Å². The minimum Gasteiger partial charge on any atom is -0.389 e. The van der Waals surface area contributed by atoms with Crippen molar-refractivity contribution in [2.75, 3.05) is 0 Å². The van der Waals surface area contributed by atoms with Crippen LogP contribution in [0.2, 0.25) is 0 Å². The van der Waals surface area contributed by atoms with E-state index in [0.717, 1.165) is 0 Å². The van der Waals surface area contributed by atoms with Crippen molar-refractivity contribution >= 4 is 5.69 Å². The summed E-state index contributed by atoms with van der Waals surface area (Å²) >= 11 is 0. The molecular formula is C8H9NO3. The van der Waals surface area contributed by atoms with Crippen LogP contribution in [0.4, 0.5) is 5.69 Å². The zero-order chi connectivity index (χ0) is 9.14. The van der Waals surface area contributed by atoms with Gasteiger partial charge >= 0.3 is 0 Å². The van der Waals surface area contributed by atoms with E-state index in [-0.39, 0.29) is 5.69 Å². The molecule has 0 bridgehead atoms. The van der Waals surface area contributed by atoms with Crippen molar-refractivity contribution in [2.24, 2.45) is 0 Å². The number of nitro groups is 1. The molecule has 0 aliphatic rings. The van der Waals surface area contributed by atoms with Gasteiger partial charge in [-0.05, 0) is 24.6 Å². The van der Waals surface area contributed by atoms with Crippen LogP contribution in [0.3, 0.4) is 0 Å². The van der Waals surface area contributed by atoms with Crippen molar-refractivity contribution in [2.45, 2.75) is 13.0 Å². The van der Waals surface area contributed by atoms with Gasteiger partial charge in [-0.25, -0.2) is 0 Å². The predicted octanol–water partition coefficient (Wildman–Crippen LogP) is 1.65. The van der Waals surface area contributed by atoms with Gasteiger partial charge in [0.2, 0.25) is 0 Å². The van der Waals surface area contributed by atoms with Crippen molar-refractivity contribution in [1.29, 1.82) is 0 Å². The largest absolute Gasteiger partial charge is 0.389 e. The fraction of sp³-hybridized carbons (Fsp3) is 0.250. The van der Waals surface area contributed by atoms with Crippen molar-refractivity contribution in [3.8, 4) is 0 Å². The van der Waals surface area contributed by atoms with Gasteiger partial charge in [-0.1, -0.05) is 0 Å². The highest BCUT2D eigenvalue weighted by Crippen LogP contribution is 2.16. The summed E-state index contributed by atoms with van der Waals surface area (Å²) < 4.78 is 0. The van der Waals surface area contributed by atoms with Crippen LogP contribution in [0.25, 0.3) is 0 Å². The molecule has 0 spiro atoms. The molecule has 64 valence electrons. The van der Waals surface area contributed by atoms with Crippen molar-refractivity contribution in [3.05, 3.63) is 39.9 Å². The second-order valence-electron chi connectivity index (χ2n) is 2.52. The Morgan fingerprint density at radius 3 is 2.25 bits per heavy atom. The highest BCUT2D eigenvalue weighted by Gasteiger charge is 2.05. The molecule has 0 fully saturated rings. The highest BCUT2D eigenvalue weighted by molar-refractivity contribution is 5.33. The highest BCUT2D eigenvalue weighted by atomic mass is 16.6. The number of nitro benzene ring substituents is 1. The van der Waals surface area contributed by atoms with Crippen LogP contribution in [-0.2, 0) is 0 Å². The molecule has 1 atom stereocenters. The lowest BCUT2D eigenvalue weighted by atomic mass is 10.1. The van der Waals surface area contributed by atoms with Crippen molar-refractivity contribution in [1.82, 2.24) is 0 Å². The Hall–Kier alpha value is -1.42. The molecule has 1 aromatic carbocycles. The molecule has 1 aromatic rings. The first kappa shape index (κ1) is 8.67. The number of aliphatic hydroxyl groups is 1. The Balaban J connectivity index is 2.93. The van der Waals surface area contributed by atoms with Gasteiger partial charge in [0.15, 0.2) is 0 Å². The number of benzene rings is 1. The first-order valence-electron chi connectivity index (χ1n) is 3.53. The molecule has 0 unspecified atom stereocenters. The molecule has 0 radical (unpaired) electrons. The van der Waals surface area contributed by atoms with Crippen LogP contribution in [0.15, 0.2) is 24.3 Å². The van der Waals surface area contributed by atoms with Crippen LogP contribution < -0.4 is 0 Å². The molecule has 1 N–H and O–H groups in total. The Morgan fingerprint density at radius 1 is 1.42 bits per heavy atom. The zero-order valence-corrected chi connectivity index (χ0v) is 6.60. The minimum absolute atomic E-state index is 0.0411. The van der Waals surface area contributed by atoms with Crippen LogP contribution in [-0.4, -0.2) is 10.0 Å². The van der Waals surface area contributed by atoms with Gasteiger partial charge in [0.05, 0.1) is 11.0 Å². The minimum atomic E-state index is -0.578. The van der Waals surface area contributed by atoms with Gasteiger partial charge < -0.3 is 5.11 Å². The Bertz CT molecular complexity index is 279.